The molecule has 6 heteroatoms. The maximum absolute atomic E-state index is 12.9. The van der Waals surface area contributed by atoms with Crippen molar-refractivity contribution in [1.29, 1.82) is 0 Å². The van der Waals surface area contributed by atoms with Crippen molar-refractivity contribution in [3.05, 3.63) is 72.9 Å². The number of hydrogen-bond donors (Lipinski definition) is 0. The lowest BCUT2D eigenvalue weighted by Gasteiger charge is -2.18. The first-order chi connectivity index (χ1) is 39.5. The Morgan fingerprint density at radius 3 is 0.775 bits per heavy atom. The minimum absolute atomic E-state index is 0.0796. The van der Waals surface area contributed by atoms with Gasteiger partial charge in [-0.15, -0.1) is 0 Å². The van der Waals surface area contributed by atoms with Gasteiger partial charge in [-0.3, -0.25) is 14.4 Å². The molecule has 0 heterocycles. The average Bonchev–Trinajstić information content (AvgIpc) is 3.46. The summed E-state index contributed by atoms with van der Waals surface area (Å²) in [4.78, 5) is 38.2. The van der Waals surface area contributed by atoms with Gasteiger partial charge in [-0.2, -0.15) is 0 Å². The second kappa shape index (κ2) is 68.3. The Hall–Kier alpha value is -3.15. The van der Waals surface area contributed by atoms with Gasteiger partial charge in [0.05, 0.1) is 0 Å². The lowest BCUT2D eigenvalue weighted by Crippen LogP contribution is -2.30. The molecule has 0 radical (unpaired) electrons. The Morgan fingerprint density at radius 1 is 0.263 bits per heavy atom. The molecule has 0 aliphatic heterocycles. The summed E-state index contributed by atoms with van der Waals surface area (Å²) in [6.07, 6.45) is 89.6. The molecule has 1 unspecified atom stereocenters. The van der Waals surface area contributed by atoms with Gasteiger partial charge >= 0.3 is 17.9 Å². The molecule has 0 saturated carbocycles. The molecule has 0 N–H and O–H groups in total. The molecule has 0 rings (SSSR count). The molecule has 0 fully saturated rings. The summed E-state index contributed by atoms with van der Waals surface area (Å²) in [5.74, 6) is -0.886. The topological polar surface area (TPSA) is 78.9 Å². The van der Waals surface area contributed by atoms with Crippen molar-refractivity contribution in [1.82, 2.24) is 0 Å². The van der Waals surface area contributed by atoms with Crippen molar-refractivity contribution in [3.63, 3.8) is 0 Å². The van der Waals surface area contributed by atoms with E-state index in [1.165, 1.54) is 212 Å². The third-order valence-electron chi connectivity index (χ3n) is 15.4. The number of hydrogen-bond acceptors (Lipinski definition) is 6. The SMILES string of the molecule is CC/C=C\C/C=C\C/C=C\C/C=C\C/C=C\CCCCCCCC(=O)OC(COC(=O)CCCCCCCCCC)COC(=O)CCCCCCCCCCCCCCCCCCCCCCC/C=C\CCCCCCCCCC. The summed E-state index contributed by atoms with van der Waals surface area (Å²) in [6, 6.07) is 0. The zero-order chi connectivity index (χ0) is 57.8. The highest BCUT2D eigenvalue weighted by Gasteiger charge is 2.19. The second-order valence-electron chi connectivity index (χ2n) is 23.4. The molecule has 0 saturated heterocycles. The van der Waals surface area contributed by atoms with Crippen LogP contribution >= 0.6 is 0 Å². The minimum atomic E-state index is -0.783. The summed E-state index contributed by atoms with van der Waals surface area (Å²) in [5.41, 5.74) is 0. The van der Waals surface area contributed by atoms with E-state index in [2.05, 4.69) is 93.7 Å². The number of carbonyl (C=O) groups excluding carboxylic acids is 3. The lowest BCUT2D eigenvalue weighted by atomic mass is 10.0. The number of rotatable bonds is 64. The summed E-state index contributed by atoms with van der Waals surface area (Å²) in [5, 5.41) is 0. The quantitative estimate of drug-likeness (QED) is 0.0261. The third-order valence-corrected chi connectivity index (χ3v) is 15.4. The molecule has 0 aliphatic rings. The van der Waals surface area contributed by atoms with Gasteiger partial charge in [0.2, 0.25) is 0 Å². The number of ether oxygens (including phenoxy) is 3. The Morgan fingerprint density at radius 2 is 0.487 bits per heavy atom. The van der Waals surface area contributed by atoms with Gasteiger partial charge in [0, 0.05) is 19.3 Å². The Balaban J connectivity index is 4.06. The number of carbonyl (C=O) groups is 3. The molecule has 0 aromatic heterocycles. The van der Waals surface area contributed by atoms with E-state index in [-0.39, 0.29) is 31.1 Å². The third kappa shape index (κ3) is 65.7. The lowest BCUT2D eigenvalue weighted by molar-refractivity contribution is -0.167. The molecular formula is C74H132O6. The molecule has 6 nitrogen and oxygen atoms in total. The molecule has 0 spiro atoms. The van der Waals surface area contributed by atoms with E-state index in [4.69, 9.17) is 14.2 Å². The van der Waals surface area contributed by atoms with E-state index in [0.717, 1.165) is 109 Å². The highest BCUT2D eigenvalue weighted by atomic mass is 16.6. The number of esters is 3. The Bertz CT molecular complexity index is 1470. The molecule has 0 amide bonds. The van der Waals surface area contributed by atoms with Gasteiger partial charge < -0.3 is 14.2 Å². The van der Waals surface area contributed by atoms with Crippen LogP contribution in [0.4, 0.5) is 0 Å². The van der Waals surface area contributed by atoms with Gasteiger partial charge in [0.1, 0.15) is 13.2 Å². The highest BCUT2D eigenvalue weighted by Crippen LogP contribution is 2.18. The Kier molecular flexibility index (Phi) is 65.7. The fourth-order valence-electron chi connectivity index (χ4n) is 10.2. The van der Waals surface area contributed by atoms with E-state index in [1.807, 2.05) is 0 Å². The summed E-state index contributed by atoms with van der Waals surface area (Å²) in [6.45, 7) is 6.52. The fraction of sp³-hybridized carbons (Fsp3) is 0.797. The van der Waals surface area contributed by atoms with Gasteiger partial charge in [0.15, 0.2) is 6.10 Å². The Labute approximate surface area is 497 Å². The second-order valence-corrected chi connectivity index (χ2v) is 23.4. The summed E-state index contributed by atoms with van der Waals surface area (Å²) >= 11 is 0. The average molecular weight is 1120 g/mol. The van der Waals surface area contributed by atoms with Gasteiger partial charge in [-0.25, -0.2) is 0 Å². The van der Waals surface area contributed by atoms with Crippen LogP contribution < -0.4 is 0 Å². The minimum Gasteiger partial charge on any atom is -0.462 e. The standard InChI is InChI=1S/C74H132O6/c1-4-7-10-13-16-19-21-23-25-27-29-31-32-33-34-35-36-37-38-39-40-41-42-44-45-47-49-51-53-55-58-61-64-67-73(76)79-70-71(69-78-72(75)66-63-60-57-18-15-12-9-6-3)80-74(77)68-65-62-59-56-54-52-50-48-46-43-30-28-26-24-22-20-17-14-11-8-5-2/h8,11,17,20,24,26-27,29-30,43,48,50,71H,4-7,9-10,12-16,18-19,21-23,25,28,31-42,44-47,49,51-70H2,1-3H3/b11-8-,20-17-,26-24-,29-27-,43-30-,50-48-. The number of allylic oxidation sites excluding steroid dienone is 12. The number of unbranched alkanes of at least 4 members (excludes halogenated alkanes) is 41. The predicted octanol–water partition coefficient (Wildman–Crippen LogP) is 24.1. The molecular weight excluding hydrogens is 985 g/mol. The van der Waals surface area contributed by atoms with Crippen LogP contribution in [0, 0.1) is 0 Å². The van der Waals surface area contributed by atoms with Crippen molar-refractivity contribution in [2.24, 2.45) is 0 Å². The molecule has 0 aliphatic carbocycles. The van der Waals surface area contributed by atoms with Gasteiger partial charge in [-0.05, 0) is 89.9 Å². The molecule has 0 bridgehead atoms. The molecule has 0 aromatic carbocycles. The maximum Gasteiger partial charge on any atom is 0.306 e. The van der Waals surface area contributed by atoms with Crippen LogP contribution in [0.3, 0.4) is 0 Å². The van der Waals surface area contributed by atoms with Crippen LogP contribution in [0.1, 0.15) is 361 Å². The van der Waals surface area contributed by atoms with E-state index < -0.39 is 6.10 Å². The highest BCUT2D eigenvalue weighted by molar-refractivity contribution is 5.71. The molecule has 80 heavy (non-hydrogen) atoms. The van der Waals surface area contributed by atoms with Crippen LogP contribution in [0.25, 0.3) is 0 Å². The van der Waals surface area contributed by atoms with Gasteiger partial charge in [0.25, 0.3) is 0 Å². The van der Waals surface area contributed by atoms with Crippen LogP contribution in [-0.4, -0.2) is 37.2 Å². The van der Waals surface area contributed by atoms with Crippen LogP contribution in [0.2, 0.25) is 0 Å². The van der Waals surface area contributed by atoms with Crippen molar-refractivity contribution in [2.45, 2.75) is 367 Å². The largest absolute Gasteiger partial charge is 0.462 e. The van der Waals surface area contributed by atoms with E-state index >= 15 is 0 Å². The van der Waals surface area contributed by atoms with Crippen molar-refractivity contribution < 1.29 is 28.6 Å². The smallest absolute Gasteiger partial charge is 0.306 e. The van der Waals surface area contributed by atoms with Crippen molar-refractivity contribution in [3.8, 4) is 0 Å². The van der Waals surface area contributed by atoms with E-state index in [9.17, 15) is 14.4 Å². The summed E-state index contributed by atoms with van der Waals surface area (Å²) in [7, 11) is 0. The van der Waals surface area contributed by atoms with E-state index in [1.54, 1.807) is 0 Å². The summed E-state index contributed by atoms with van der Waals surface area (Å²) < 4.78 is 16.9. The van der Waals surface area contributed by atoms with Crippen LogP contribution in [-0.2, 0) is 28.6 Å². The van der Waals surface area contributed by atoms with Crippen LogP contribution in [0.5, 0.6) is 0 Å². The van der Waals surface area contributed by atoms with Gasteiger partial charge in [-0.1, -0.05) is 325 Å². The first kappa shape index (κ1) is 76.9. The molecule has 0 aromatic rings. The first-order valence-electron chi connectivity index (χ1n) is 34.9. The van der Waals surface area contributed by atoms with Crippen LogP contribution in [0.15, 0.2) is 72.9 Å². The maximum atomic E-state index is 12.9. The van der Waals surface area contributed by atoms with E-state index in [0.29, 0.717) is 19.3 Å². The zero-order valence-corrected chi connectivity index (χ0v) is 53.3. The van der Waals surface area contributed by atoms with Crippen molar-refractivity contribution in [2.75, 3.05) is 13.2 Å². The first-order valence-corrected chi connectivity index (χ1v) is 34.9. The van der Waals surface area contributed by atoms with Crippen molar-refractivity contribution >= 4 is 17.9 Å². The predicted molar refractivity (Wildman–Crippen MR) is 348 cm³/mol. The molecule has 464 valence electrons. The molecule has 1 atom stereocenters. The monoisotopic (exact) mass is 1120 g/mol. The normalized spacial score (nSPS) is 12.5. The fourth-order valence-corrected chi connectivity index (χ4v) is 10.2. The zero-order valence-electron chi connectivity index (χ0n) is 53.3.